The summed E-state index contributed by atoms with van der Waals surface area (Å²) in [5, 5.41) is 9.86. The Morgan fingerprint density at radius 3 is 2.50 bits per heavy atom. The van der Waals surface area contributed by atoms with Crippen LogP contribution in [0, 0.1) is 0 Å². The average Bonchev–Trinajstić information content (AvgIpc) is 3.46. The molecule has 2 N–H and O–H groups in total. The first kappa shape index (κ1) is 19.1. The summed E-state index contributed by atoms with van der Waals surface area (Å²) in [7, 11) is 0. The molecule has 3 aromatic heterocycles. The molecule has 4 aromatic rings. The Hall–Kier alpha value is -4.20. The van der Waals surface area contributed by atoms with Gasteiger partial charge in [0, 0.05) is 18.6 Å². The Balaban J connectivity index is 1.43. The van der Waals surface area contributed by atoms with Gasteiger partial charge in [0.1, 0.15) is 6.54 Å². The lowest BCUT2D eigenvalue weighted by Gasteiger charge is -2.19. The lowest BCUT2D eigenvalue weighted by molar-refractivity contribution is -0.122. The number of amides is 2. The van der Waals surface area contributed by atoms with Gasteiger partial charge < -0.3 is 15.1 Å². The van der Waals surface area contributed by atoms with Gasteiger partial charge in [0.25, 0.3) is 5.91 Å². The van der Waals surface area contributed by atoms with Crippen molar-refractivity contribution >= 4 is 17.5 Å². The highest BCUT2D eigenvalue weighted by molar-refractivity contribution is 6.02. The fraction of sp³-hybridized carbons (Fsp3) is 0.0909. The van der Waals surface area contributed by atoms with Gasteiger partial charge in [0.05, 0.1) is 24.2 Å². The zero-order valence-corrected chi connectivity index (χ0v) is 15.9. The number of hydrogen-bond donors (Lipinski definition) is 2. The van der Waals surface area contributed by atoms with Gasteiger partial charge in [-0.05, 0) is 35.4 Å². The Bertz CT molecular complexity index is 1070. The number of carbonyl (C=O) groups excluding carboxylic acids is 2. The van der Waals surface area contributed by atoms with Crippen molar-refractivity contribution in [1.29, 1.82) is 0 Å². The summed E-state index contributed by atoms with van der Waals surface area (Å²) >= 11 is 0. The van der Waals surface area contributed by atoms with E-state index >= 15 is 0 Å². The minimum absolute atomic E-state index is 0.00500. The second kappa shape index (κ2) is 8.87. The van der Waals surface area contributed by atoms with E-state index < -0.39 is 0 Å². The molecule has 1 atom stereocenters. The van der Waals surface area contributed by atoms with E-state index in [2.05, 4.69) is 20.7 Å². The zero-order valence-electron chi connectivity index (χ0n) is 15.9. The molecule has 8 nitrogen and oxygen atoms in total. The van der Waals surface area contributed by atoms with Crippen LogP contribution in [0.15, 0.2) is 90.1 Å². The fourth-order valence-corrected chi connectivity index (χ4v) is 3.03. The van der Waals surface area contributed by atoms with Crippen LogP contribution in [0.25, 0.3) is 0 Å². The molecular weight excluding hydrogens is 382 g/mol. The second-order valence-electron chi connectivity index (χ2n) is 6.55. The molecule has 150 valence electrons. The van der Waals surface area contributed by atoms with Gasteiger partial charge in [0.2, 0.25) is 5.91 Å². The number of furan rings is 1. The molecule has 0 aliphatic heterocycles. The summed E-state index contributed by atoms with van der Waals surface area (Å²) in [5.41, 5.74) is 2.36. The largest absolute Gasteiger partial charge is 0.459 e. The van der Waals surface area contributed by atoms with Crippen molar-refractivity contribution in [3.63, 3.8) is 0 Å². The number of hydrogen-bond acceptors (Lipinski definition) is 5. The van der Waals surface area contributed by atoms with Crippen LogP contribution in [0.2, 0.25) is 0 Å². The SMILES string of the molecule is O=C(Cn1cc(NC(=O)c2ccco2)cn1)NC(c1ccccc1)c1ccncc1. The first-order valence-corrected chi connectivity index (χ1v) is 9.30. The minimum Gasteiger partial charge on any atom is -0.459 e. The first-order chi connectivity index (χ1) is 14.7. The van der Waals surface area contributed by atoms with Crippen LogP contribution in [0.5, 0.6) is 0 Å². The van der Waals surface area contributed by atoms with Crippen LogP contribution in [0.1, 0.15) is 27.7 Å². The average molecular weight is 401 g/mol. The summed E-state index contributed by atoms with van der Waals surface area (Å²) in [6, 6.07) is 16.3. The smallest absolute Gasteiger partial charge is 0.291 e. The molecule has 2 amide bonds. The Morgan fingerprint density at radius 1 is 1.00 bits per heavy atom. The lowest BCUT2D eigenvalue weighted by atomic mass is 10.00. The van der Waals surface area contributed by atoms with E-state index in [0.29, 0.717) is 5.69 Å². The molecule has 0 aliphatic carbocycles. The highest BCUT2D eigenvalue weighted by Gasteiger charge is 2.17. The summed E-state index contributed by atoms with van der Waals surface area (Å²) in [4.78, 5) is 28.8. The fourth-order valence-electron chi connectivity index (χ4n) is 3.03. The van der Waals surface area contributed by atoms with Gasteiger partial charge >= 0.3 is 0 Å². The number of benzene rings is 1. The van der Waals surface area contributed by atoms with Crippen molar-refractivity contribution in [3.8, 4) is 0 Å². The molecule has 0 aliphatic rings. The number of carbonyl (C=O) groups is 2. The maximum atomic E-state index is 12.7. The molecule has 8 heteroatoms. The Kier molecular flexibility index (Phi) is 5.66. The molecule has 3 heterocycles. The molecule has 0 radical (unpaired) electrons. The maximum Gasteiger partial charge on any atom is 0.291 e. The minimum atomic E-state index is -0.383. The summed E-state index contributed by atoms with van der Waals surface area (Å²) in [6.45, 7) is 0.00500. The topological polar surface area (TPSA) is 102 Å². The number of aromatic nitrogens is 3. The van der Waals surface area contributed by atoms with Crippen molar-refractivity contribution in [2.45, 2.75) is 12.6 Å². The molecule has 4 rings (SSSR count). The summed E-state index contributed by atoms with van der Waals surface area (Å²) in [5.74, 6) is -0.401. The molecular formula is C22H19N5O3. The third kappa shape index (κ3) is 4.61. The van der Waals surface area contributed by atoms with Crippen molar-refractivity contribution in [2.24, 2.45) is 0 Å². The van der Waals surface area contributed by atoms with Gasteiger partial charge in [-0.2, -0.15) is 5.10 Å². The van der Waals surface area contributed by atoms with E-state index in [1.165, 1.54) is 17.1 Å². The van der Waals surface area contributed by atoms with E-state index in [4.69, 9.17) is 4.42 Å². The number of anilines is 1. The quantitative estimate of drug-likeness (QED) is 0.496. The lowest BCUT2D eigenvalue weighted by Crippen LogP contribution is -2.32. The predicted molar refractivity (Wildman–Crippen MR) is 110 cm³/mol. The third-order valence-electron chi connectivity index (χ3n) is 4.42. The Labute approximate surface area is 172 Å². The molecule has 0 bridgehead atoms. The highest BCUT2D eigenvalue weighted by Crippen LogP contribution is 2.21. The molecule has 1 aromatic carbocycles. The van der Waals surface area contributed by atoms with E-state index in [-0.39, 0.29) is 30.2 Å². The zero-order chi connectivity index (χ0) is 20.8. The van der Waals surface area contributed by atoms with Gasteiger partial charge in [-0.1, -0.05) is 30.3 Å². The molecule has 0 saturated carbocycles. The summed E-state index contributed by atoms with van der Waals surface area (Å²) in [6.07, 6.45) is 7.88. The van der Waals surface area contributed by atoms with Gasteiger partial charge in [-0.3, -0.25) is 19.3 Å². The molecule has 1 unspecified atom stereocenters. The van der Waals surface area contributed by atoms with Crippen LogP contribution >= 0.6 is 0 Å². The van der Waals surface area contributed by atoms with E-state index in [1.54, 1.807) is 30.7 Å². The van der Waals surface area contributed by atoms with Crippen molar-refractivity contribution in [1.82, 2.24) is 20.1 Å². The van der Waals surface area contributed by atoms with Crippen LogP contribution in [-0.2, 0) is 11.3 Å². The van der Waals surface area contributed by atoms with Crippen LogP contribution in [-0.4, -0.2) is 26.6 Å². The third-order valence-corrected chi connectivity index (χ3v) is 4.42. The molecule has 0 saturated heterocycles. The van der Waals surface area contributed by atoms with Gasteiger partial charge in [-0.25, -0.2) is 0 Å². The number of pyridine rings is 1. The predicted octanol–water partition coefficient (Wildman–Crippen LogP) is 3.03. The molecule has 30 heavy (non-hydrogen) atoms. The number of nitrogens with one attached hydrogen (secondary N) is 2. The summed E-state index contributed by atoms with van der Waals surface area (Å²) < 4.78 is 6.52. The molecule has 0 spiro atoms. The number of rotatable bonds is 7. The van der Waals surface area contributed by atoms with Crippen molar-refractivity contribution in [3.05, 3.63) is 103 Å². The number of nitrogens with zero attached hydrogens (tertiary/aromatic N) is 3. The molecule has 0 fully saturated rings. The van der Waals surface area contributed by atoms with Crippen molar-refractivity contribution < 1.29 is 14.0 Å². The van der Waals surface area contributed by atoms with E-state index in [1.807, 2.05) is 42.5 Å². The standard InChI is InChI=1S/C22H19N5O3/c28-20(15-27-14-18(13-24-27)25-22(29)19-7-4-12-30-19)26-21(16-5-2-1-3-6-16)17-8-10-23-11-9-17/h1-14,21H,15H2,(H,25,29)(H,26,28). The van der Waals surface area contributed by atoms with Crippen LogP contribution in [0.4, 0.5) is 5.69 Å². The van der Waals surface area contributed by atoms with Gasteiger partial charge in [-0.15, -0.1) is 0 Å². The maximum absolute atomic E-state index is 12.7. The normalized spacial score (nSPS) is 11.6. The van der Waals surface area contributed by atoms with Gasteiger partial charge in [0.15, 0.2) is 5.76 Å². The Morgan fingerprint density at radius 2 is 1.77 bits per heavy atom. The highest BCUT2D eigenvalue weighted by atomic mass is 16.3. The van der Waals surface area contributed by atoms with E-state index in [0.717, 1.165) is 11.1 Å². The second-order valence-corrected chi connectivity index (χ2v) is 6.55. The van der Waals surface area contributed by atoms with Crippen LogP contribution < -0.4 is 10.6 Å². The van der Waals surface area contributed by atoms with Crippen LogP contribution in [0.3, 0.4) is 0 Å². The first-order valence-electron chi connectivity index (χ1n) is 9.30. The van der Waals surface area contributed by atoms with Crippen molar-refractivity contribution in [2.75, 3.05) is 5.32 Å². The van der Waals surface area contributed by atoms with E-state index in [9.17, 15) is 9.59 Å². The monoisotopic (exact) mass is 401 g/mol.